The molecule has 0 aromatic heterocycles. The Hall–Kier alpha value is -0.810. The maximum atomic E-state index is 11.7. The molecule has 98 valence electrons. The Morgan fingerprint density at radius 3 is 2.56 bits per heavy atom. The molecule has 1 amide bonds. The molecule has 2 rings (SSSR count). The minimum Gasteiger partial charge on any atom is -0.363 e. The molecule has 1 saturated heterocycles. The van der Waals surface area contributed by atoms with Crippen LogP contribution in [0.5, 0.6) is 0 Å². The fourth-order valence-corrected chi connectivity index (χ4v) is 2.10. The molecule has 0 atom stereocenters. The molecule has 2 N–H and O–H groups in total. The van der Waals surface area contributed by atoms with Gasteiger partial charge in [-0.3, -0.25) is 4.79 Å². The van der Waals surface area contributed by atoms with Crippen LogP contribution in [0.2, 0.25) is 10.0 Å². The molecule has 1 aromatic carbocycles. The number of anilines is 1. The summed E-state index contributed by atoms with van der Waals surface area (Å²) in [6.45, 7) is 3.46. The number of halogens is 2. The predicted octanol–water partition coefficient (Wildman–Crippen LogP) is 2.31. The maximum absolute atomic E-state index is 11.7. The van der Waals surface area contributed by atoms with Crippen molar-refractivity contribution in [3.8, 4) is 0 Å². The smallest absolute Gasteiger partial charge is 0.250 e. The minimum absolute atomic E-state index is 0.0142. The first-order valence-corrected chi connectivity index (χ1v) is 6.34. The van der Waals surface area contributed by atoms with Gasteiger partial charge in [0.1, 0.15) is 6.61 Å². The third-order valence-corrected chi connectivity index (χ3v) is 3.41. The summed E-state index contributed by atoms with van der Waals surface area (Å²) < 4.78 is 5.52. The van der Waals surface area contributed by atoms with Gasteiger partial charge >= 0.3 is 0 Å². The Morgan fingerprint density at radius 1 is 1.44 bits per heavy atom. The largest absolute Gasteiger partial charge is 0.363 e. The molecule has 0 spiro atoms. The second kappa shape index (κ2) is 5.45. The number of carbonyl (C=O) groups is 1. The van der Waals surface area contributed by atoms with Crippen LogP contribution >= 0.6 is 23.2 Å². The summed E-state index contributed by atoms with van der Waals surface area (Å²) in [6, 6.07) is 5.06. The third-order valence-electron chi connectivity index (χ3n) is 2.78. The Labute approximate surface area is 116 Å². The van der Waals surface area contributed by atoms with E-state index in [0.717, 1.165) is 13.1 Å². The monoisotopic (exact) mass is 288 g/mol. The summed E-state index contributed by atoms with van der Waals surface area (Å²) in [6.07, 6.45) is 0. The molecule has 18 heavy (non-hydrogen) atoms. The van der Waals surface area contributed by atoms with Crippen molar-refractivity contribution >= 4 is 34.8 Å². The number of para-hydroxylation sites is 1. The average Bonchev–Trinajstić information content (AvgIpc) is 2.29. The van der Waals surface area contributed by atoms with E-state index in [2.05, 4.69) is 10.6 Å². The van der Waals surface area contributed by atoms with E-state index in [1.807, 2.05) is 6.92 Å². The number of hydrogen-bond acceptors (Lipinski definition) is 3. The lowest BCUT2D eigenvalue weighted by Gasteiger charge is -2.38. The first-order valence-electron chi connectivity index (χ1n) is 5.59. The SMILES string of the molecule is CC1(OCC(=O)Nc2c(Cl)cccc2Cl)CNC1. The highest BCUT2D eigenvalue weighted by atomic mass is 35.5. The highest BCUT2D eigenvalue weighted by Crippen LogP contribution is 2.29. The molecule has 1 fully saturated rings. The minimum atomic E-state index is -0.266. The van der Waals surface area contributed by atoms with E-state index in [9.17, 15) is 4.79 Å². The van der Waals surface area contributed by atoms with Crippen molar-refractivity contribution in [2.24, 2.45) is 0 Å². The highest BCUT2D eigenvalue weighted by molar-refractivity contribution is 6.39. The summed E-state index contributed by atoms with van der Waals surface area (Å²) in [5.41, 5.74) is 0.174. The molecule has 4 nitrogen and oxygen atoms in total. The number of amides is 1. The molecule has 1 aromatic rings. The van der Waals surface area contributed by atoms with Crippen LogP contribution in [0.25, 0.3) is 0 Å². The summed E-state index contributed by atoms with van der Waals surface area (Å²) >= 11 is 11.9. The number of ether oxygens (including phenoxy) is 1. The number of nitrogens with one attached hydrogen (secondary N) is 2. The van der Waals surface area contributed by atoms with Gasteiger partial charge in [-0.15, -0.1) is 0 Å². The van der Waals surface area contributed by atoms with Gasteiger partial charge in [0, 0.05) is 13.1 Å². The van der Waals surface area contributed by atoms with Crippen LogP contribution in [0.3, 0.4) is 0 Å². The quantitative estimate of drug-likeness (QED) is 0.894. The molecule has 0 bridgehead atoms. The summed E-state index contributed by atoms with van der Waals surface area (Å²) in [4.78, 5) is 11.7. The summed E-state index contributed by atoms with van der Waals surface area (Å²) in [5, 5.41) is 6.56. The van der Waals surface area contributed by atoms with E-state index in [1.165, 1.54) is 0 Å². The van der Waals surface area contributed by atoms with Crippen molar-refractivity contribution in [1.82, 2.24) is 5.32 Å². The Morgan fingerprint density at radius 2 is 2.06 bits per heavy atom. The van der Waals surface area contributed by atoms with Crippen molar-refractivity contribution in [2.45, 2.75) is 12.5 Å². The Balaban J connectivity index is 1.91. The van der Waals surface area contributed by atoms with Crippen molar-refractivity contribution in [1.29, 1.82) is 0 Å². The van der Waals surface area contributed by atoms with Crippen LogP contribution in [0, 0.1) is 0 Å². The van der Waals surface area contributed by atoms with Crippen LogP contribution in [-0.2, 0) is 9.53 Å². The summed E-state index contributed by atoms with van der Waals surface area (Å²) in [5.74, 6) is -0.266. The lowest BCUT2D eigenvalue weighted by molar-refractivity contribution is -0.130. The molecular formula is C12H14Cl2N2O2. The second-order valence-electron chi connectivity index (χ2n) is 4.49. The number of carbonyl (C=O) groups excluding carboxylic acids is 1. The molecule has 6 heteroatoms. The topological polar surface area (TPSA) is 50.4 Å². The third kappa shape index (κ3) is 3.14. The molecule has 0 aliphatic carbocycles. The zero-order chi connectivity index (χ0) is 13.2. The van der Waals surface area contributed by atoms with Crippen molar-refractivity contribution < 1.29 is 9.53 Å². The molecular weight excluding hydrogens is 275 g/mol. The van der Waals surface area contributed by atoms with Gasteiger partial charge in [0.2, 0.25) is 5.91 Å². The fourth-order valence-electron chi connectivity index (χ4n) is 1.61. The van der Waals surface area contributed by atoms with Gasteiger partial charge in [-0.1, -0.05) is 29.3 Å². The van der Waals surface area contributed by atoms with E-state index in [-0.39, 0.29) is 18.1 Å². The van der Waals surface area contributed by atoms with Crippen LogP contribution in [0.4, 0.5) is 5.69 Å². The molecule has 0 unspecified atom stereocenters. The number of rotatable bonds is 4. The van der Waals surface area contributed by atoms with Crippen LogP contribution in [-0.4, -0.2) is 31.2 Å². The molecule has 0 radical (unpaired) electrons. The van der Waals surface area contributed by atoms with Gasteiger partial charge in [0.15, 0.2) is 0 Å². The van der Waals surface area contributed by atoms with Crippen LogP contribution in [0.1, 0.15) is 6.92 Å². The van der Waals surface area contributed by atoms with E-state index < -0.39 is 0 Å². The molecule has 1 aliphatic rings. The Bertz CT molecular complexity index is 441. The fraction of sp³-hybridized carbons (Fsp3) is 0.417. The molecule has 0 saturated carbocycles. The van der Waals surface area contributed by atoms with Crippen molar-refractivity contribution in [3.63, 3.8) is 0 Å². The zero-order valence-electron chi connectivity index (χ0n) is 9.93. The number of benzene rings is 1. The van der Waals surface area contributed by atoms with Crippen LogP contribution < -0.4 is 10.6 Å². The van der Waals surface area contributed by atoms with Gasteiger partial charge in [0.05, 0.1) is 21.3 Å². The second-order valence-corrected chi connectivity index (χ2v) is 5.30. The van der Waals surface area contributed by atoms with Gasteiger partial charge < -0.3 is 15.4 Å². The predicted molar refractivity (Wildman–Crippen MR) is 72.3 cm³/mol. The van der Waals surface area contributed by atoms with E-state index in [0.29, 0.717) is 15.7 Å². The van der Waals surface area contributed by atoms with Crippen LogP contribution in [0.15, 0.2) is 18.2 Å². The zero-order valence-corrected chi connectivity index (χ0v) is 11.4. The van der Waals surface area contributed by atoms with Crippen molar-refractivity contribution in [2.75, 3.05) is 25.0 Å². The highest BCUT2D eigenvalue weighted by Gasteiger charge is 2.33. The lowest BCUT2D eigenvalue weighted by atomic mass is 10.0. The van der Waals surface area contributed by atoms with Gasteiger partial charge in [-0.2, -0.15) is 0 Å². The summed E-state index contributed by atoms with van der Waals surface area (Å²) in [7, 11) is 0. The number of hydrogen-bond donors (Lipinski definition) is 2. The molecule has 1 heterocycles. The first-order chi connectivity index (χ1) is 8.50. The standard InChI is InChI=1S/C12H14Cl2N2O2/c1-12(6-15-7-12)18-5-10(17)16-11-8(13)3-2-4-9(11)14/h2-4,15H,5-7H2,1H3,(H,16,17). The van der Waals surface area contributed by atoms with Gasteiger partial charge in [-0.05, 0) is 19.1 Å². The van der Waals surface area contributed by atoms with Crippen molar-refractivity contribution in [3.05, 3.63) is 28.2 Å². The maximum Gasteiger partial charge on any atom is 0.250 e. The average molecular weight is 289 g/mol. The lowest BCUT2D eigenvalue weighted by Crippen LogP contribution is -2.59. The van der Waals surface area contributed by atoms with E-state index >= 15 is 0 Å². The van der Waals surface area contributed by atoms with E-state index in [1.54, 1.807) is 18.2 Å². The van der Waals surface area contributed by atoms with Gasteiger partial charge in [-0.25, -0.2) is 0 Å². The Kier molecular flexibility index (Phi) is 4.12. The van der Waals surface area contributed by atoms with E-state index in [4.69, 9.17) is 27.9 Å². The normalized spacial score (nSPS) is 17.1. The first kappa shape index (κ1) is 13.6. The molecule has 1 aliphatic heterocycles. The van der Waals surface area contributed by atoms with Gasteiger partial charge in [0.25, 0.3) is 0 Å².